The molecular weight excluding hydrogens is 390 g/mol. The smallest absolute Gasteiger partial charge is 0.288 e. The van der Waals surface area contributed by atoms with Crippen LogP contribution in [0.3, 0.4) is 0 Å². The van der Waals surface area contributed by atoms with Crippen molar-refractivity contribution in [1.82, 2.24) is 9.13 Å². The van der Waals surface area contributed by atoms with Gasteiger partial charge < -0.3 is 4.57 Å². The molecule has 0 amide bonds. The van der Waals surface area contributed by atoms with Crippen LogP contribution in [0, 0.1) is 5.92 Å². The minimum Gasteiger partial charge on any atom is -0.311 e. The molecule has 158 valence electrons. The van der Waals surface area contributed by atoms with Gasteiger partial charge in [0, 0.05) is 32.0 Å². The summed E-state index contributed by atoms with van der Waals surface area (Å²) in [5.74, 6) is 0.929. The molecule has 0 bridgehead atoms. The Labute approximate surface area is 190 Å². The Morgan fingerprint density at radius 2 is 1.50 bits per heavy atom. The number of nitrogens with zero attached hydrogens (tertiary/aromatic N) is 3. The Morgan fingerprint density at radius 1 is 0.812 bits per heavy atom. The van der Waals surface area contributed by atoms with Gasteiger partial charge in [-0.1, -0.05) is 56.3 Å². The molecule has 0 radical (unpaired) electrons. The fraction of sp³-hybridized carbons (Fsp3) is 0.207. The number of fused-ring (bicyclic) bond motifs is 6. The van der Waals surface area contributed by atoms with Crippen molar-refractivity contribution in [2.45, 2.75) is 20.2 Å². The maximum atomic E-state index is 8.72. The highest BCUT2D eigenvalue weighted by molar-refractivity contribution is 6.21. The summed E-state index contributed by atoms with van der Waals surface area (Å²) in [6.07, 6.45) is -1.41. The summed E-state index contributed by atoms with van der Waals surface area (Å²) in [7, 11) is 4.21. The van der Waals surface area contributed by atoms with Gasteiger partial charge in [-0.2, -0.15) is 4.57 Å². The van der Waals surface area contributed by atoms with E-state index in [-0.39, 0.29) is 5.92 Å². The molecule has 0 atom stereocenters. The maximum Gasteiger partial charge on any atom is 0.288 e. The highest BCUT2D eigenvalue weighted by atomic mass is 15.2. The van der Waals surface area contributed by atoms with Crippen LogP contribution in [0.4, 0.5) is 0 Å². The molecule has 0 unspecified atom stereocenters. The number of benzene rings is 3. The summed E-state index contributed by atoms with van der Waals surface area (Å²) >= 11 is 0. The molecule has 3 heteroatoms. The average molecular weight is 421 g/mol. The molecule has 0 saturated heterocycles. The van der Waals surface area contributed by atoms with E-state index in [9.17, 15) is 0 Å². The van der Waals surface area contributed by atoms with Crippen molar-refractivity contribution in [3.63, 3.8) is 0 Å². The Morgan fingerprint density at radius 3 is 2.25 bits per heavy atom. The van der Waals surface area contributed by atoms with Crippen LogP contribution in [0.15, 0.2) is 78.9 Å². The van der Waals surface area contributed by atoms with E-state index in [1.54, 1.807) is 0 Å². The molecule has 0 saturated carbocycles. The van der Waals surface area contributed by atoms with Crippen molar-refractivity contribution in [1.29, 1.82) is 0 Å². The van der Waals surface area contributed by atoms with Crippen LogP contribution in [0.5, 0.6) is 0 Å². The number of pyridine rings is 1. The number of hydrogen-bond donors (Lipinski definition) is 0. The molecule has 0 fully saturated rings. The first-order chi connectivity index (χ1) is 16.3. The van der Waals surface area contributed by atoms with Crippen molar-refractivity contribution in [2.75, 3.05) is 0 Å². The van der Waals surface area contributed by atoms with Crippen molar-refractivity contribution < 1.29 is 7.31 Å². The highest BCUT2D eigenvalue weighted by Crippen LogP contribution is 2.38. The van der Waals surface area contributed by atoms with Crippen LogP contribution in [-0.2, 0) is 20.5 Å². The molecule has 0 aliphatic rings. The number of aromatic nitrogens is 3. The van der Waals surface area contributed by atoms with Crippen molar-refractivity contribution in [3.8, 4) is 5.82 Å². The lowest BCUT2D eigenvalue weighted by Gasteiger charge is -2.12. The average Bonchev–Trinajstić information content (AvgIpc) is 3.32. The van der Waals surface area contributed by atoms with E-state index in [1.807, 2.05) is 26.0 Å². The van der Waals surface area contributed by atoms with Crippen LogP contribution in [0.2, 0.25) is 0 Å². The molecular formula is C29H28N3+. The second-order valence-electron chi connectivity index (χ2n) is 8.92. The van der Waals surface area contributed by atoms with Crippen LogP contribution in [0.25, 0.3) is 49.6 Å². The molecule has 0 N–H and O–H groups in total. The maximum absolute atomic E-state index is 8.72. The van der Waals surface area contributed by atoms with E-state index in [1.165, 1.54) is 21.7 Å². The molecule has 0 spiro atoms. The van der Waals surface area contributed by atoms with Gasteiger partial charge in [0.05, 0.1) is 18.0 Å². The molecule has 3 aromatic carbocycles. The van der Waals surface area contributed by atoms with Crippen LogP contribution < -0.4 is 4.57 Å². The highest BCUT2D eigenvalue weighted by Gasteiger charge is 2.26. The first-order valence-corrected chi connectivity index (χ1v) is 11.2. The van der Waals surface area contributed by atoms with Crippen LogP contribution >= 0.6 is 0 Å². The van der Waals surface area contributed by atoms with Gasteiger partial charge in [-0.05, 0) is 48.2 Å². The molecule has 3 nitrogen and oxygen atoms in total. The summed E-state index contributed by atoms with van der Waals surface area (Å²) < 4.78 is 24.3. The zero-order valence-electron chi connectivity index (χ0n) is 20.9. The summed E-state index contributed by atoms with van der Waals surface area (Å²) in [4.78, 5) is 0. The summed E-state index contributed by atoms with van der Waals surface area (Å²) in [6.45, 7) is 3.88. The van der Waals surface area contributed by atoms with Gasteiger partial charge >= 0.3 is 0 Å². The SMILES string of the molecule is [2H]C([2H])(c1cccc2c1ccc(-n1c3ccccc3c3c4ccccc4n(C)c31)[n+]2C)C(C)C. The summed E-state index contributed by atoms with van der Waals surface area (Å²) in [5.41, 5.74) is 5.30. The Hall–Kier alpha value is -3.59. The number of hydrogen-bond acceptors (Lipinski definition) is 0. The Kier molecular flexibility index (Phi) is 3.70. The van der Waals surface area contributed by atoms with Gasteiger partial charge in [0.25, 0.3) is 5.82 Å². The van der Waals surface area contributed by atoms with Gasteiger partial charge in [-0.15, -0.1) is 0 Å². The zero-order valence-corrected chi connectivity index (χ0v) is 18.9. The van der Waals surface area contributed by atoms with E-state index < -0.39 is 6.37 Å². The lowest BCUT2D eigenvalue weighted by atomic mass is 9.99. The predicted molar refractivity (Wildman–Crippen MR) is 134 cm³/mol. The van der Waals surface area contributed by atoms with Crippen molar-refractivity contribution >= 4 is 43.7 Å². The van der Waals surface area contributed by atoms with Crippen LogP contribution in [0.1, 0.15) is 22.2 Å². The topological polar surface area (TPSA) is 13.7 Å². The number of rotatable bonds is 3. The molecule has 3 aromatic heterocycles. The molecule has 0 aliphatic carbocycles. The standard InChI is InChI=1S/C29H28N3/c1-19(2)18-20-10-9-15-24-21(20)16-17-27(30(24)3)32-26-14-8-6-12-23(26)28-22-11-5-7-13-25(22)31(4)29(28)32/h5-17,19H,18H2,1-4H3/q+1/i18D2. The largest absolute Gasteiger partial charge is 0.311 e. The van der Waals surface area contributed by atoms with Gasteiger partial charge in [0.1, 0.15) is 11.0 Å². The van der Waals surface area contributed by atoms with Gasteiger partial charge in [-0.3, -0.25) is 0 Å². The third kappa shape index (κ3) is 2.57. The van der Waals surface area contributed by atoms with E-state index >= 15 is 0 Å². The molecule has 0 aliphatic heterocycles. The second kappa shape index (κ2) is 6.96. The lowest BCUT2D eigenvalue weighted by molar-refractivity contribution is -0.638. The van der Waals surface area contributed by atoms with Crippen molar-refractivity contribution in [2.24, 2.45) is 20.0 Å². The Bertz CT molecular complexity index is 1740. The predicted octanol–water partition coefficient (Wildman–Crippen LogP) is 6.45. The monoisotopic (exact) mass is 420 g/mol. The lowest BCUT2D eigenvalue weighted by Crippen LogP contribution is -2.35. The fourth-order valence-electron chi connectivity index (χ4n) is 5.21. The normalized spacial score (nSPS) is 13.5. The van der Waals surface area contributed by atoms with E-state index in [4.69, 9.17) is 2.74 Å². The molecule has 6 rings (SSSR count). The first-order valence-electron chi connectivity index (χ1n) is 12.2. The number of aryl methyl sites for hydroxylation is 2. The third-order valence-corrected chi connectivity index (χ3v) is 6.56. The van der Waals surface area contributed by atoms with Crippen molar-refractivity contribution in [3.05, 3.63) is 84.4 Å². The first kappa shape index (κ1) is 17.0. The third-order valence-electron chi connectivity index (χ3n) is 6.56. The molecule has 3 heterocycles. The Balaban J connectivity index is 1.74. The van der Waals surface area contributed by atoms with Crippen LogP contribution in [-0.4, -0.2) is 9.13 Å². The van der Waals surface area contributed by atoms with Gasteiger partial charge in [0.2, 0.25) is 5.65 Å². The minimum absolute atomic E-state index is 0.119. The van der Waals surface area contributed by atoms with Gasteiger partial charge in [0.15, 0.2) is 0 Å². The van der Waals surface area contributed by atoms with E-state index in [0.29, 0.717) is 0 Å². The zero-order chi connectivity index (χ0) is 23.8. The van der Waals surface area contributed by atoms with E-state index in [0.717, 1.165) is 33.4 Å². The van der Waals surface area contributed by atoms with Gasteiger partial charge in [-0.25, -0.2) is 4.57 Å². The number of para-hydroxylation sites is 2. The molecule has 32 heavy (non-hydrogen) atoms. The van der Waals surface area contributed by atoms with E-state index in [2.05, 4.69) is 94.5 Å². The summed E-state index contributed by atoms with van der Waals surface area (Å²) in [6, 6.07) is 27.4. The second-order valence-corrected chi connectivity index (χ2v) is 8.92. The fourth-order valence-corrected chi connectivity index (χ4v) is 5.21. The quantitative estimate of drug-likeness (QED) is 0.292. The summed E-state index contributed by atoms with van der Waals surface area (Å²) in [5, 5.41) is 4.71. The molecule has 6 aromatic rings. The minimum atomic E-state index is -1.41.